The highest BCUT2D eigenvalue weighted by atomic mass is 16.3. The van der Waals surface area contributed by atoms with Crippen molar-refractivity contribution in [2.75, 3.05) is 13.6 Å². The Labute approximate surface area is 151 Å². The van der Waals surface area contributed by atoms with Crippen LogP contribution in [-0.2, 0) is 5.60 Å². The molecule has 1 saturated carbocycles. The summed E-state index contributed by atoms with van der Waals surface area (Å²) in [5, 5.41) is 12.0. The molecule has 0 spiro atoms. The summed E-state index contributed by atoms with van der Waals surface area (Å²) in [7, 11) is 2.18. The Kier molecular flexibility index (Phi) is 4.66. The van der Waals surface area contributed by atoms with Crippen LogP contribution in [0.2, 0.25) is 0 Å². The molecule has 127 valence electrons. The van der Waals surface area contributed by atoms with Crippen molar-refractivity contribution in [1.82, 2.24) is 4.90 Å². The molecule has 1 aliphatic carbocycles. The van der Waals surface area contributed by atoms with Gasteiger partial charge in [0.05, 0.1) is 0 Å². The third-order valence-corrected chi connectivity index (χ3v) is 5.50. The highest BCUT2D eigenvalue weighted by Gasteiger charge is 2.50. The normalized spacial score (nSPS) is 23.4. The van der Waals surface area contributed by atoms with Crippen molar-refractivity contribution in [3.05, 3.63) is 103 Å². The number of hydrogen-bond donors (Lipinski definition) is 1. The van der Waals surface area contributed by atoms with Gasteiger partial charge < -0.3 is 10.0 Å². The van der Waals surface area contributed by atoms with Gasteiger partial charge in [-0.3, -0.25) is 0 Å². The molecule has 0 unspecified atom stereocenters. The Morgan fingerprint density at radius 1 is 0.920 bits per heavy atom. The summed E-state index contributed by atoms with van der Waals surface area (Å²) in [6.45, 7) is 1.12. The fourth-order valence-electron chi connectivity index (χ4n) is 4.19. The largest absolute Gasteiger partial charge is 0.380 e. The van der Waals surface area contributed by atoms with Crippen molar-refractivity contribution in [2.24, 2.45) is 0 Å². The quantitative estimate of drug-likeness (QED) is 0.922. The standard InChI is InChI=1S/C23H24NO/c1-24-17-9-16-22(24)20-14-8-15-21(20)23(25,18-10-4-2-5-11-18)19-12-6-3-7-13-19/h2-8,10-15,22,25H,9,16-17H2,1H3/t22-/m1/s1. The first kappa shape index (κ1) is 16.8. The molecule has 1 saturated heterocycles. The van der Waals surface area contributed by atoms with Gasteiger partial charge in [0, 0.05) is 17.9 Å². The van der Waals surface area contributed by atoms with Crippen molar-refractivity contribution >= 4 is 0 Å². The van der Waals surface area contributed by atoms with Crippen LogP contribution in [0.25, 0.3) is 0 Å². The molecule has 2 heteroatoms. The summed E-state index contributed by atoms with van der Waals surface area (Å²) in [6, 6.07) is 20.4. The Hall–Kier alpha value is -1.64. The minimum atomic E-state index is -1.13. The van der Waals surface area contributed by atoms with E-state index < -0.39 is 5.60 Å². The van der Waals surface area contributed by atoms with Gasteiger partial charge >= 0.3 is 0 Å². The third-order valence-electron chi connectivity index (χ3n) is 5.50. The molecule has 1 atom stereocenters. The van der Waals surface area contributed by atoms with Gasteiger partial charge in [-0.25, -0.2) is 0 Å². The van der Waals surface area contributed by atoms with Crippen LogP contribution in [0.1, 0.15) is 24.0 Å². The lowest BCUT2D eigenvalue weighted by Gasteiger charge is -2.40. The summed E-state index contributed by atoms with van der Waals surface area (Å²) < 4.78 is 0. The lowest BCUT2D eigenvalue weighted by atomic mass is 9.69. The average Bonchev–Trinajstić information content (AvgIpc) is 3.31. The van der Waals surface area contributed by atoms with Gasteiger partial charge in [0.25, 0.3) is 0 Å². The average molecular weight is 330 g/mol. The van der Waals surface area contributed by atoms with Gasteiger partial charge in [-0.15, -0.1) is 0 Å². The molecule has 2 aliphatic rings. The molecular weight excluding hydrogens is 306 g/mol. The molecule has 4 rings (SSSR count). The van der Waals surface area contributed by atoms with Crippen LogP contribution in [-0.4, -0.2) is 29.6 Å². The molecule has 0 amide bonds. The highest BCUT2D eigenvalue weighted by Crippen LogP contribution is 2.52. The Morgan fingerprint density at radius 3 is 2.04 bits per heavy atom. The van der Waals surface area contributed by atoms with Gasteiger partial charge in [-0.2, -0.15) is 0 Å². The zero-order valence-electron chi connectivity index (χ0n) is 14.6. The lowest BCUT2D eigenvalue weighted by molar-refractivity contribution is 0.0974. The fourth-order valence-corrected chi connectivity index (χ4v) is 4.19. The summed E-state index contributed by atoms with van der Waals surface area (Å²) >= 11 is 0. The minimum absolute atomic E-state index is 0.379. The van der Waals surface area contributed by atoms with E-state index in [-0.39, 0.29) is 0 Å². The van der Waals surface area contributed by atoms with Crippen LogP contribution < -0.4 is 0 Å². The van der Waals surface area contributed by atoms with Crippen molar-refractivity contribution in [1.29, 1.82) is 0 Å². The summed E-state index contributed by atoms with van der Waals surface area (Å²) in [6.07, 6.45) is 8.70. The molecule has 1 heterocycles. The van der Waals surface area contributed by atoms with Crippen LogP contribution in [0, 0.1) is 31.1 Å². The van der Waals surface area contributed by atoms with E-state index in [1.54, 1.807) is 0 Å². The molecule has 2 nitrogen and oxygen atoms in total. The van der Waals surface area contributed by atoms with E-state index in [2.05, 4.69) is 31.2 Å². The number of hydrogen-bond acceptors (Lipinski definition) is 2. The van der Waals surface area contributed by atoms with Crippen molar-refractivity contribution in [2.45, 2.75) is 24.5 Å². The summed E-state index contributed by atoms with van der Waals surface area (Å²) in [5.41, 5.74) is 0.689. The van der Waals surface area contributed by atoms with Gasteiger partial charge in [0.2, 0.25) is 0 Å². The summed E-state index contributed by atoms with van der Waals surface area (Å²) in [4.78, 5) is 2.40. The summed E-state index contributed by atoms with van der Waals surface area (Å²) in [5.74, 6) is 2.25. The van der Waals surface area contributed by atoms with Crippen molar-refractivity contribution in [3.8, 4) is 0 Å². The second-order valence-corrected chi connectivity index (χ2v) is 6.98. The van der Waals surface area contributed by atoms with Crippen LogP contribution in [0.4, 0.5) is 0 Å². The van der Waals surface area contributed by atoms with E-state index in [0.717, 1.165) is 30.0 Å². The molecule has 5 radical (unpaired) electrons. The second kappa shape index (κ2) is 6.93. The first-order valence-corrected chi connectivity index (χ1v) is 9.01. The number of benzene rings is 2. The molecule has 2 aromatic rings. The van der Waals surface area contributed by atoms with E-state index in [0.29, 0.717) is 6.04 Å². The maximum Gasteiger partial charge on any atom is 0.122 e. The van der Waals surface area contributed by atoms with Crippen molar-refractivity contribution in [3.63, 3.8) is 0 Å². The minimum Gasteiger partial charge on any atom is -0.380 e. The third kappa shape index (κ3) is 2.92. The van der Waals surface area contributed by atoms with Crippen LogP contribution in [0.5, 0.6) is 0 Å². The molecule has 0 aromatic heterocycles. The van der Waals surface area contributed by atoms with Crippen LogP contribution in [0.15, 0.2) is 60.7 Å². The Morgan fingerprint density at radius 2 is 1.52 bits per heavy atom. The van der Waals surface area contributed by atoms with Crippen molar-refractivity contribution < 1.29 is 5.11 Å². The molecule has 0 bridgehead atoms. The smallest absolute Gasteiger partial charge is 0.122 e. The number of nitrogens with zero attached hydrogens (tertiary/aromatic N) is 1. The van der Waals surface area contributed by atoms with E-state index in [1.165, 1.54) is 12.3 Å². The Balaban J connectivity index is 1.78. The molecule has 1 N–H and O–H groups in total. The van der Waals surface area contributed by atoms with Gasteiger partial charge in [-0.05, 0) is 56.8 Å². The number of likely N-dealkylation sites (tertiary alicyclic amines) is 1. The van der Waals surface area contributed by atoms with Gasteiger partial charge in [0.1, 0.15) is 5.60 Å². The number of aliphatic hydroxyl groups is 1. The lowest BCUT2D eigenvalue weighted by Crippen LogP contribution is -2.42. The molecule has 1 aliphatic heterocycles. The molecule has 2 fully saturated rings. The SMILES string of the molecule is CN1CCC[C@@H]1[C]1[CH][CH][CH][C]1C(O)(c1ccccc1)c1ccccc1. The van der Waals surface area contributed by atoms with E-state index in [4.69, 9.17) is 0 Å². The maximum absolute atomic E-state index is 12.0. The molecule has 2 aromatic carbocycles. The Bertz CT molecular complexity index is 644. The first-order chi connectivity index (χ1) is 12.2. The van der Waals surface area contributed by atoms with Gasteiger partial charge in [0.15, 0.2) is 0 Å². The van der Waals surface area contributed by atoms with Crippen LogP contribution >= 0.6 is 0 Å². The topological polar surface area (TPSA) is 23.5 Å². The van der Waals surface area contributed by atoms with E-state index in [9.17, 15) is 5.11 Å². The predicted molar refractivity (Wildman–Crippen MR) is 101 cm³/mol. The van der Waals surface area contributed by atoms with Gasteiger partial charge in [-0.1, -0.05) is 60.7 Å². The zero-order valence-corrected chi connectivity index (χ0v) is 14.6. The molecule has 25 heavy (non-hydrogen) atoms. The zero-order chi connectivity index (χ0) is 17.3. The monoisotopic (exact) mass is 330 g/mol. The molecular formula is C23H24NO. The highest BCUT2D eigenvalue weighted by molar-refractivity contribution is 5.58. The van der Waals surface area contributed by atoms with E-state index in [1.807, 2.05) is 60.7 Å². The van der Waals surface area contributed by atoms with Crippen LogP contribution in [0.3, 0.4) is 0 Å². The first-order valence-electron chi connectivity index (χ1n) is 9.01. The second-order valence-electron chi connectivity index (χ2n) is 6.98. The fraction of sp³-hybridized carbons (Fsp3) is 0.261. The van der Waals surface area contributed by atoms with E-state index >= 15 is 0 Å². The maximum atomic E-state index is 12.0. The number of rotatable bonds is 4. The predicted octanol–water partition coefficient (Wildman–Crippen LogP) is 3.79.